The zero-order chi connectivity index (χ0) is 23.4. The van der Waals surface area contributed by atoms with E-state index in [1.807, 2.05) is 45.9 Å². The van der Waals surface area contributed by atoms with Gasteiger partial charge < -0.3 is 14.6 Å². The Kier molecular flexibility index (Phi) is 7.41. The van der Waals surface area contributed by atoms with Crippen LogP contribution in [0.3, 0.4) is 0 Å². The van der Waals surface area contributed by atoms with Crippen molar-refractivity contribution in [3.05, 3.63) is 80.2 Å². The van der Waals surface area contributed by atoms with Gasteiger partial charge >= 0.3 is 0 Å². The summed E-state index contributed by atoms with van der Waals surface area (Å²) in [5, 5.41) is 12.4. The van der Waals surface area contributed by atoms with Crippen molar-refractivity contribution in [2.45, 2.75) is 40.7 Å². The molecule has 2 aromatic carbocycles. The number of aromatic nitrogens is 1. The predicted octanol–water partition coefficient (Wildman–Crippen LogP) is 6.34. The zero-order valence-electron chi connectivity index (χ0n) is 18.9. The number of carbonyl (C=O) groups is 1. The number of amides is 1. The van der Waals surface area contributed by atoms with Gasteiger partial charge in [-0.3, -0.25) is 4.79 Å². The molecule has 1 heterocycles. The van der Waals surface area contributed by atoms with E-state index in [0.29, 0.717) is 11.4 Å². The van der Waals surface area contributed by atoms with Crippen LogP contribution in [0.2, 0.25) is 0 Å². The molecule has 6 heteroatoms. The molecule has 0 spiro atoms. The van der Waals surface area contributed by atoms with Crippen molar-refractivity contribution >= 4 is 40.3 Å². The summed E-state index contributed by atoms with van der Waals surface area (Å²) in [4.78, 5) is 12.8. The van der Waals surface area contributed by atoms with Crippen molar-refractivity contribution in [1.29, 1.82) is 5.26 Å². The number of anilines is 1. The molecule has 0 saturated heterocycles. The standard InChI is InChI=1S/C26H26IN3O2/c1-16(2)32-24-8-6-7-22(14-24)29-26(31)21(15-28)13-20-12-18(4)30(19(20)5)23-9-10-25(27)17(3)11-23/h6-14,16H,1-5H3,(H,29,31)/b21-13+. The summed E-state index contributed by atoms with van der Waals surface area (Å²) in [6.45, 7) is 9.97. The minimum Gasteiger partial charge on any atom is -0.491 e. The van der Waals surface area contributed by atoms with Gasteiger partial charge in [0.2, 0.25) is 0 Å². The summed E-state index contributed by atoms with van der Waals surface area (Å²) in [5.41, 5.74) is 5.72. The maximum Gasteiger partial charge on any atom is 0.266 e. The summed E-state index contributed by atoms with van der Waals surface area (Å²) in [6, 6.07) is 17.5. The van der Waals surface area contributed by atoms with Crippen LogP contribution in [0.5, 0.6) is 5.75 Å². The Morgan fingerprint density at radius 2 is 1.91 bits per heavy atom. The number of benzene rings is 2. The first-order chi connectivity index (χ1) is 15.2. The largest absolute Gasteiger partial charge is 0.491 e. The minimum absolute atomic E-state index is 0.0302. The van der Waals surface area contributed by atoms with Gasteiger partial charge in [-0.15, -0.1) is 0 Å². The minimum atomic E-state index is -0.455. The van der Waals surface area contributed by atoms with Crippen LogP contribution in [0.25, 0.3) is 11.8 Å². The molecule has 1 amide bonds. The molecule has 1 aromatic heterocycles. The molecule has 164 valence electrons. The summed E-state index contributed by atoms with van der Waals surface area (Å²) in [6.07, 6.45) is 1.67. The molecule has 1 N–H and O–H groups in total. The van der Waals surface area contributed by atoms with Crippen LogP contribution >= 0.6 is 22.6 Å². The molecular weight excluding hydrogens is 513 g/mol. The Morgan fingerprint density at radius 3 is 2.56 bits per heavy atom. The third-order valence-electron chi connectivity index (χ3n) is 5.00. The molecule has 32 heavy (non-hydrogen) atoms. The maximum absolute atomic E-state index is 12.8. The highest BCUT2D eigenvalue weighted by Gasteiger charge is 2.15. The van der Waals surface area contributed by atoms with Crippen LogP contribution in [-0.2, 0) is 4.79 Å². The molecular formula is C26H26IN3O2. The van der Waals surface area contributed by atoms with E-state index in [0.717, 1.165) is 22.6 Å². The van der Waals surface area contributed by atoms with Crippen molar-refractivity contribution in [2.24, 2.45) is 0 Å². The SMILES string of the molecule is Cc1cc(-n2c(C)cc(/C=C(\C#N)C(=O)Nc3cccc(OC(C)C)c3)c2C)ccc1I. The molecule has 0 fully saturated rings. The van der Waals surface area contributed by atoms with Gasteiger partial charge in [0.15, 0.2) is 0 Å². The molecule has 0 saturated carbocycles. The predicted molar refractivity (Wildman–Crippen MR) is 137 cm³/mol. The summed E-state index contributed by atoms with van der Waals surface area (Å²) in [7, 11) is 0. The third kappa shape index (κ3) is 5.40. The summed E-state index contributed by atoms with van der Waals surface area (Å²) in [5.74, 6) is 0.209. The molecule has 3 rings (SSSR count). The average molecular weight is 539 g/mol. The first kappa shape index (κ1) is 23.6. The van der Waals surface area contributed by atoms with Gasteiger partial charge in [0.05, 0.1) is 6.10 Å². The van der Waals surface area contributed by atoms with Gasteiger partial charge in [-0.1, -0.05) is 6.07 Å². The fourth-order valence-corrected chi connectivity index (χ4v) is 3.86. The van der Waals surface area contributed by atoms with E-state index in [-0.39, 0.29) is 11.7 Å². The zero-order valence-corrected chi connectivity index (χ0v) is 21.0. The normalized spacial score (nSPS) is 11.4. The smallest absolute Gasteiger partial charge is 0.266 e. The summed E-state index contributed by atoms with van der Waals surface area (Å²) < 4.78 is 9.02. The number of nitrogens with one attached hydrogen (secondary N) is 1. The van der Waals surface area contributed by atoms with E-state index in [1.54, 1.807) is 24.3 Å². The monoisotopic (exact) mass is 539 g/mol. The van der Waals surface area contributed by atoms with Crippen molar-refractivity contribution in [1.82, 2.24) is 4.57 Å². The number of rotatable bonds is 6. The highest BCUT2D eigenvalue weighted by Crippen LogP contribution is 2.25. The number of ether oxygens (including phenoxy) is 1. The van der Waals surface area contributed by atoms with Crippen LogP contribution in [0.1, 0.15) is 36.4 Å². The van der Waals surface area contributed by atoms with Gasteiger partial charge in [-0.05, 0) is 111 Å². The lowest BCUT2D eigenvalue weighted by atomic mass is 10.1. The van der Waals surface area contributed by atoms with Gasteiger partial charge in [-0.25, -0.2) is 0 Å². The average Bonchev–Trinajstić information content (AvgIpc) is 3.01. The molecule has 0 radical (unpaired) electrons. The highest BCUT2D eigenvalue weighted by atomic mass is 127. The molecule has 3 aromatic rings. The van der Waals surface area contributed by atoms with Crippen LogP contribution < -0.4 is 10.1 Å². The first-order valence-corrected chi connectivity index (χ1v) is 11.4. The molecule has 0 aliphatic heterocycles. The van der Waals surface area contributed by atoms with Crippen LogP contribution in [0.4, 0.5) is 5.69 Å². The number of nitrogens with zero attached hydrogens (tertiary/aromatic N) is 2. The van der Waals surface area contributed by atoms with Gasteiger partial charge in [0.1, 0.15) is 17.4 Å². The van der Waals surface area contributed by atoms with Gasteiger partial charge in [0, 0.05) is 32.4 Å². The fourth-order valence-electron chi connectivity index (χ4n) is 3.52. The van der Waals surface area contributed by atoms with E-state index in [9.17, 15) is 10.1 Å². The lowest BCUT2D eigenvalue weighted by Crippen LogP contribution is -2.14. The first-order valence-electron chi connectivity index (χ1n) is 10.3. The molecule has 0 aliphatic rings. The Labute approximate surface area is 202 Å². The van der Waals surface area contributed by atoms with E-state index < -0.39 is 5.91 Å². The number of nitriles is 1. The Bertz CT molecular complexity index is 1230. The second-order valence-electron chi connectivity index (χ2n) is 7.91. The van der Waals surface area contributed by atoms with Crippen LogP contribution in [-0.4, -0.2) is 16.6 Å². The third-order valence-corrected chi connectivity index (χ3v) is 6.21. The van der Waals surface area contributed by atoms with E-state index in [2.05, 4.69) is 57.6 Å². The number of aryl methyl sites for hydroxylation is 2. The van der Waals surface area contributed by atoms with Crippen molar-refractivity contribution in [3.8, 4) is 17.5 Å². The van der Waals surface area contributed by atoms with E-state index >= 15 is 0 Å². The lowest BCUT2D eigenvalue weighted by Gasteiger charge is -2.12. The molecule has 0 aliphatic carbocycles. The quantitative estimate of drug-likeness (QED) is 0.226. The lowest BCUT2D eigenvalue weighted by molar-refractivity contribution is -0.112. The fraction of sp³-hybridized carbons (Fsp3) is 0.231. The van der Waals surface area contributed by atoms with E-state index in [4.69, 9.17) is 4.74 Å². The molecule has 5 nitrogen and oxygen atoms in total. The Hall–Kier alpha value is -3.05. The number of halogens is 1. The van der Waals surface area contributed by atoms with Gasteiger partial charge in [0.25, 0.3) is 5.91 Å². The van der Waals surface area contributed by atoms with Crippen molar-refractivity contribution < 1.29 is 9.53 Å². The van der Waals surface area contributed by atoms with E-state index in [1.165, 1.54) is 9.13 Å². The second kappa shape index (κ2) is 10.0. The molecule has 0 unspecified atom stereocenters. The van der Waals surface area contributed by atoms with Crippen molar-refractivity contribution in [3.63, 3.8) is 0 Å². The Balaban J connectivity index is 1.89. The summed E-state index contributed by atoms with van der Waals surface area (Å²) >= 11 is 2.32. The topological polar surface area (TPSA) is 67.0 Å². The highest BCUT2D eigenvalue weighted by molar-refractivity contribution is 14.1. The van der Waals surface area contributed by atoms with Crippen LogP contribution in [0, 0.1) is 35.7 Å². The number of carbonyl (C=O) groups excluding carboxylic acids is 1. The number of hydrogen-bond acceptors (Lipinski definition) is 3. The number of hydrogen-bond donors (Lipinski definition) is 1. The molecule has 0 atom stereocenters. The Morgan fingerprint density at radius 1 is 1.16 bits per heavy atom. The van der Waals surface area contributed by atoms with Gasteiger partial charge in [-0.2, -0.15) is 5.26 Å². The maximum atomic E-state index is 12.8. The van der Waals surface area contributed by atoms with Crippen LogP contribution in [0.15, 0.2) is 54.1 Å². The second-order valence-corrected chi connectivity index (χ2v) is 9.08. The van der Waals surface area contributed by atoms with Crippen molar-refractivity contribution in [2.75, 3.05) is 5.32 Å². The molecule has 0 bridgehead atoms.